The first-order chi connectivity index (χ1) is 11.7. The molecular weight excluding hydrogens is 288 g/mol. The molecule has 0 aliphatic carbocycles. The first-order valence-corrected chi connectivity index (χ1v) is 10.8. The van der Waals surface area contributed by atoms with Gasteiger partial charge in [0.25, 0.3) is 0 Å². The summed E-state index contributed by atoms with van der Waals surface area (Å²) in [6.45, 7) is 6.72. The SMILES string of the molecule is CCCCCCCCCCCCCCCCc1cc(C)cc(C)c1. The van der Waals surface area contributed by atoms with Crippen LogP contribution in [0.3, 0.4) is 0 Å². The van der Waals surface area contributed by atoms with E-state index in [0.29, 0.717) is 0 Å². The molecule has 0 nitrogen and oxygen atoms in total. The molecule has 138 valence electrons. The van der Waals surface area contributed by atoms with E-state index in [2.05, 4.69) is 39.0 Å². The van der Waals surface area contributed by atoms with Crippen LogP contribution in [-0.2, 0) is 6.42 Å². The number of hydrogen-bond donors (Lipinski definition) is 0. The minimum Gasteiger partial charge on any atom is -0.0654 e. The fourth-order valence-electron chi connectivity index (χ4n) is 3.74. The van der Waals surface area contributed by atoms with Crippen molar-refractivity contribution in [2.24, 2.45) is 0 Å². The molecule has 0 aliphatic heterocycles. The molecule has 0 aliphatic rings. The maximum absolute atomic E-state index is 2.36. The average molecular weight is 331 g/mol. The lowest BCUT2D eigenvalue weighted by Gasteiger charge is -2.05. The predicted octanol–water partition coefficient (Wildman–Crippen LogP) is 8.33. The van der Waals surface area contributed by atoms with E-state index in [9.17, 15) is 0 Å². The van der Waals surface area contributed by atoms with Crippen molar-refractivity contribution in [3.05, 3.63) is 34.9 Å². The maximum Gasteiger partial charge on any atom is -0.0279 e. The summed E-state index contributed by atoms with van der Waals surface area (Å²) >= 11 is 0. The Morgan fingerprint density at radius 1 is 0.500 bits per heavy atom. The summed E-state index contributed by atoms with van der Waals surface area (Å²) in [5.74, 6) is 0. The molecule has 24 heavy (non-hydrogen) atoms. The molecule has 1 rings (SSSR count). The second-order valence-electron chi connectivity index (χ2n) is 7.84. The average Bonchev–Trinajstić information content (AvgIpc) is 2.54. The summed E-state index contributed by atoms with van der Waals surface area (Å²) in [5.41, 5.74) is 4.36. The van der Waals surface area contributed by atoms with Gasteiger partial charge in [-0.15, -0.1) is 0 Å². The maximum atomic E-state index is 2.36. The molecule has 0 N–H and O–H groups in total. The zero-order valence-corrected chi connectivity index (χ0v) is 16.8. The number of benzene rings is 1. The van der Waals surface area contributed by atoms with Gasteiger partial charge in [0, 0.05) is 0 Å². The third kappa shape index (κ3) is 11.7. The zero-order valence-electron chi connectivity index (χ0n) is 16.8. The Balaban J connectivity index is 1.84. The number of aryl methyl sites for hydroxylation is 3. The summed E-state index contributed by atoms with van der Waals surface area (Å²) in [5, 5.41) is 0. The molecule has 0 atom stereocenters. The van der Waals surface area contributed by atoms with Gasteiger partial charge >= 0.3 is 0 Å². The van der Waals surface area contributed by atoms with Crippen molar-refractivity contribution in [1.82, 2.24) is 0 Å². The molecule has 0 saturated heterocycles. The van der Waals surface area contributed by atoms with Gasteiger partial charge in [0.1, 0.15) is 0 Å². The first kappa shape index (κ1) is 21.3. The van der Waals surface area contributed by atoms with Crippen LogP contribution in [0.25, 0.3) is 0 Å². The Kier molecular flexibility index (Phi) is 12.9. The molecule has 0 amide bonds. The van der Waals surface area contributed by atoms with Crippen LogP contribution >= 0.6 is 0 Å². The first-order valence-electron chi connectivity index (χ1n) is 10.8. The van der Waals surface area contributed by atoms with E-state index >= 15 is 0 Å². The highest BCUT2D eigenvalue weighted by atomic mass is 14.0. The van der Waals surface area contributed by atoms with Crippen LogP contribution in [0.4, 0.5) is 0 Å². The molecule has 0 saturated carbocycles. The van der Waals surface area contributed by atoms with E-state index < -0.39 is 0 Å². The van der Waals surface area contributed by atoms with Gasteiger partial charge in [-0.05, 0) is 32.3 Å². The van der Waals surface area contributed by atoms with Gasteiger partial charge in [0.15, 0.2) is 0 Å². The minimum absolute atomic E-state index is 1.26. The van der Waals surface area contributed by atoms with E-state index in [1.807, 2.05) is 0 Å². The monoisotopic (exact) mass is 330 g/mol. The molecule has 0 spiro atoms. The predicted molar refractivity (Wildman–Crippen MR) is 110 cm³/mol. The van der Waals surface area contributed by atoms with Gasteiger partial charge in [-0.2, -0.15) is 0 Å². The van der Waals surface area contributed by atoms with Gasteiger partial charge in [-0.1, -0.05) is 120 Å². The highest BCUT2D eigenvalue weighted by Crippen LogP contribution is 2.15. The third-order valence-electron chi connectivity index (χ3n) is 5.10. The van der Waals surface area contributed by atoms with Crippen LogP contribution in [0, 0.1) is 13.8 Å². The Morgan fingerprint density at radius 2 is 0.875 bits per heavy atom. The molecule has 0 radical (unpaired) electrons. The van der Waals surface area contributed by atoms with Crippen molar-refractivity contribution in [3.63, 3.8) is 0 Å². The Hall–Kier alpha value is -0.780. The van der Waals surface area contributed by atoms with Gasteiger partial charge in [-0.3, -0.25) is 0 Å². The molecule has 0 fully saturated rings. The number of hydrogen-bond acceptors (Lipinski definition) is 0. The van der Waals surface area contributed by atoms with Crippen molar-refractivity contribution in [1.29, 1.82) is 0 Å². The van der Waals surface area contributed by atoms with Crippen LogP contribution in [-0.4, -0.2) is 0 Å². The number of rotatable bonds is 15. The van der Waals surface area contributed by atoms with Gasteiger partial charge in [0.2, 0.25) is 0 Å². The fraction of sp³-hybridized carbons (Fsp3) is 0.750. The Bertz CT molecular complexity index is 384. The minimum atomic E-state index is 1.26. The van der Waals surface area contributed by atoms with Crippen LogP contribution in [0.15, 0.2) is 18.2 Å². The van der Waals surface area contributed by atoms with Gasteiger partial charge in [-0.25, -0.2) is 0 Å². The normalized spacial score (nSPS) is 11.1. The van der Waals surface area contributed by atoms with E-state index in [1.165, 1.54) is 113 Å². The Labute approximate surface area is 152 Å². The van der Waals surface area contributed by atoms with Crippen LogP contribution in [0.5, 0.6) is 0 Å². The zero-order chi connectivity index (χ0) is 17.5. The largest absolute Gasteiger partial charge is 0.0654 e. The quantitative estimate of drug-likeness (QED) is 0.283. The summed E-state index contributed by atoms with van der Waals surface area (Å²) in [6.07, 6.45) is 21.4. The summed E-state index contributed by atoms with van der Waals surface area (Å²) in [4.78, 5) is 0. The smallest absolute Gasteiger partial charge is 0.0279 e. The van der Waals surface area contributed by atoms with Crippen molar-refractivity contribution in [3.8, 4) is 0 Å². The van der Waals surface area contributed by atoms with Crippen molar-refractivity contribution >= 4 is 0 Å². The third-order valence-corrected chi connectivity index (χ3v) is 5.10. The molecule has 0 heterocycles. The van der Waals surface area contributed by atoms with Crippen molar-refractivity contribution < 1.29 is 0 Å². The van der Waals surface area contributed by atoms with E-state index in [0.717, 1.165) is 0 Å². The molecule has 1 aromatic rings. The Morgan fingerprint density at radius 3 is 1.29 bits per heavy atom. The second kappa shape index (κ2) is 14.6. The second-order valence-corrected chi connectivity index (χ2v) is 7.84. The fourth-order valence-corrected chi connectivity index (χ4v) is 3.74. The van der Waals surface area contributed by atoms with E-state index in [-0.39, 0.29) is 0 Å². The van der Waals surface area contributed by atoms with Crippen LogP contribution < -0.4 is 0 Å². The lowest BCUT2D eigenvalue weighted by atomic mass is 10.0. The summed E-state index contributed by atoms with van der Waals surface area (Å²) in [6, 6.07) is 6.99. The highest BCUT2D eigenvalue weighted by molar-refractivity contribution is 5.28. The van der Waals surface area contributed by atoms with E-state index in [4.69, 9.17) is 0 Å². The molecule has 0 unspecified atom stereocenters. The standard InChI is InChI=1S/C24H42/c1-4-5-6-7-8-9-10-11-12-13-14-15-16-17-18-24-20-22(2)19-23(3)21-24/h19-21H,4-18H2,1-3H3. The van der Waals surface area contributed by atoms with Gasteiger partial charge in [0.05, 0.1) is 0 Å². The highest BCUT2D eigenvalue weighted by Gasteiger charge is 1.97. The lowest BCUT2D eigenvalue weighted by Crippen LogP contribution is -1.89. The topological polar surface area (TPSA) is 0 Å². The molecule has 0 aromatic heterocycles. The van der Waals surface area contributed by atoms with Crippen molar-refractivity contribution in [2.75, 3.05) is 0 Å². The molecule has 0 heteroatoms. The van der Waals surface area contributed by atoms with E-state index in [1.54, 1.807) is 0 Å². The van der Waals surface area contributed by atoms with Crippen molar-refractivity contribution in [2.45, 2.75) is 117 Å². The summed E-state index contributed by atoms with van der Waals surface area (Å²) < 4.78 is 0. The lowest BCUT2D eigenvalue weighted by molar-refractivity contribution is 0.535. The molecule has 1 aromatic carbocycles. The molecular formula is C24H42. The van der Waals surface area contributed by atoms with Crippen LogP contribution in [0.2, 0.25) is 0 Å². The molecule has 0 bridgehead atoms. The number of unbranched alkanes of at least 4 members (excludes halogenated alkanes) is 13. The van der Waals surface area contributed by atoms with Gasteiger partial charge < -0.3 is 0 Å². The van der Waals surface area contributed by atoms with Crippen LogP contribution in [0.1, 0.15) is 114 Å². The summed E-state index contributed by atoms with van der Waals surface area (Å²) in [7, 11) is 0.